The first-order valence-corrected chi connectivity index (χ1v) is 13.8. The van der Waals surface area contributed by atoms with Crippen molar-refractivity contribution in [2.45, 2.75) is 43.0 Å². The predicted molar refractivity (Wildman–Crippen MR) is 130 cm³/mol. The van der Waals surface area contributed by atoms with Crippen molar-refractivity contribution in [3.05, 3.63) is 42.7 Å². The van der Waals surface area contributed by atoms with E-state index >= 15 is 0 Å². The van der Waals surface area contributed by atoms with Crippen molar-refractivity contribution in [1.82, 2.24) is 19.0 Å². The molecule has 1 aliphatic heterocycles. The third-order valence-corrected chi connectivity index (χ3v) is 9.27. The molecule has 9 heteroatoms. The van der Waals surface area contributed by atoms with Gasteiger partial charge in [0.1, 0.15) is 5.82 Å². The topological polar surface area (TPSA) is 81.3 Å². The van der Waals surface area contributed by atoms with E-state index in [1.165, 1.54) is 22.7 Å². The fourth-order valence-electron chi connectivity index (χ4n) is 4.98. The van der Waals surface area contributed by atoms with Crippen LogP contribution in [0.4, 0.5) is 5.82 Å². The molecule has 1 aromatic carbocycles. The molecule has 1 aliphatic carbocycles. The van der Waals surface area contributed by atoms with E-state index in [9.17, 15) is 8.42 Å². The SMILES string of the molecule is O=S(=O)(NC1CCC(CCN2CCN(c3nsc4ccccc34)CC2)CC1)c1cc[nH]c1. The zero-order valence-corrected chi connectivity index (χ0v) is 19.9. The van der Waals surface area contributed by atoms with Crippen molar-refractivity contribution in [1.29, 1.82) is 0 Å². The van der Waals surface area contributed by atoms with Crippen molar-refractivity contribution >= 4 is 37.5 Å². The molecule has 1 saturated heterocycles. The number of nitrogens with one attached hydrogen (secondary N) is 2. The first-order valence-electron chi connectivity index (χ1n) is 11.6. The fourth-order valence-corrected chi connectivity index (χ4v) is 7.06. The van der Waals surface area contributed by atoms with Crippen molar-refractivity contribution in [2.75, 3.05) is 37.6 Å². The predicted octanol–water partition coefficient (Wildman–Crippen LogP) is 3.67. The van der Waals surface area contributed by atoms with Gasteiger partial charge in [-0.15, -0.1) is 0 Å². The summed E-state index contributed by atoms with van der Waals surface area (Å²) in [4.78, 5) is 8.14. The third-order valence-electron chi connectivity index (χ3n) is 6.93. The van der Waals surface area contributed by atoms with Crippen LogP contribution in [0.1, 0.15) is 32.1 Å². The first kappa shape index (κ1) is 21.9. The minimum atomic E-state index is -3.40. The van der Waals surface area contributed by atoms with Crippen LogP contribution >= 0.6 is 11.5 Å². The summed E-state index contributed by atoms with van der Waals surface area (Å²) < 4.78 is 33.7. The van der Waals surface area contributed by atoms with Gasteiger partial charge in [-0.2, -0.15) is 4.37 Å². The van der Waals surface area contributed by atoms with Crippen LogP contribution < -0.4 is 9.62 Å². The van der Waals surface area contributed by atoms with E-state index in [1.807, 2.05) is 0 Å². The Labute approximate surface area is 194 Å². The molecule has 0 atom stereocenters. The Morgan fingerprint density at radius 2 is 1.84 bits per heavy atom. The van der Waals surface area contributed by atoms with Gasteiger partial charge in [-0.1, -0.05) is 12.1 Å². The van der Waals surface area contributed by atoms with Gasteiger partial charge in [-0.05, 0) is 74.3 Å². The number of fused-ring (bicyclic) bond motifs is 1. The molecule has 0 spiro atoms. The lowest BCUT2D eigenvalue weighted by Crippen LogP contribution is -2.47. The molecule has 1 saturated carbocycles. The van der Waals surface area contributed by atoms with Crippen LogP contribution in [-0.2, 0) is 10.0 Å². The Kier molecular flexibility index (Phi) is 6.50. The Morgan fingerprint density at radius 1 is 1.06 bits per heavy atom. The second kappa shape index (κ2) is 9.51. The number of anilines is 1. The van der Waals surface area contributed by atoms with Gasteiger partial charge in [0.25, 0.3) is 0 Å². The van der Waals surface area contributed by atoms with E-state index in [2.05, 4.69) is 43.8 Å². The summed E-state index contributed by atoms with van der Waals surface area (Å²) in [6, 6.07) is 10.2. The lowest BCUT2D eigenvalue weighted by Gasteiger charge is -2.36. The van der Waals surface area contributed by atoms with Crippen LogP contribution in [0.3, 0.4) is 0 Å². The monoisotopic (exact) mass is 473 g/mol. The molecule has 0 radical (unpaired) electrons. The van der Waals surface area contributed by atoms with Gasteiger partial charge in [0.05, 0.1) is 9.60 Å². The number of H-pyrrole nitrogens is 1. The Morgan fingerprint density at radius 3 is 2.59 bits per heavy atom. The lowest BCUT2D eigenvalue weighted by molar-refractivity contribution is 0.214. The number of rotatable bonds is 7. The van der Waals surface area contributed by atoms with E-state index in [-0.39, 0.29) is 6.04 Å². The molecular formula is C23H31N5O2S2. The van der Waals surface area contributed by atoms with Crippen LogP contribution in [0.5, 0.6) is 0 Å². The van der Waals surface area contributed by atoms with E-state index in [0.717, 1.165) is 64.2 Å². The standard InChI is InChI=1S/C23H31N5O2S2/c29-32(30,20-9-11-24-17-20)26-19-7-5-18(6-8-19)10-12-27-13-15-28(16-14-27)23-21-3-1-2-4-22(21)31-25-23/h1-4,9,11,17-19,24,26H,5-8,10,12-16H2. The molecule has 2 fully saturated rings. The van der Waals surface area contributed by atoms with Gasteiger partial charge in [-0.25, -0.2) is 13.1 Å². The normalized spacial score (nSPS) is 23.1. The maximum absolute atomic E-state index is 12.4. The first-order chi connectivity index (χ1) is 15.6. The van der Waals surface area contributed by atoms with Crippen molar-refractivity contribution in [3.8, 4) is 0 Å². The molecule has 7 nitrogen and oxygen atoms in total. The molecule has 5 rings (SSSR count). The summed E-state index contributed by atoms with van der Waals surface area (Å²) in [6.45, 7) is 5.36. The number of nitrogens with zero attached hydrogens (tertiary/aromatic N) is 3. The average Bonchev–Trinajstić information content (AvgIpc) is 3.50. The molecular weight excluding hydrogens is 442 g/mol. The highest BCUT2D eigenvalue weighted by Crippen LogP contribution is 2.31. The molecule has 3 aromatic rings. The smallest absolute Gasteiger partial charge is 0.242 e. The van der Waals surface area contributed by atoms with Gasteiger partial charge in [0.2, 0.25) is 10.0 Å². The summed E-state index contributed by atoms with van der Waals surface area (Å²) in [6.07, 6.45) is 8.44. The number of aromatic nitrogens is 2. The maximum atomic E-state index is 12.4. The van der Waals surface area contributed by atoms with Gasteiger partial charge < -0.3 is 9.88 Å². The van der Waals surface area contributed by atoms with Crippen LogP contribution in [-0.4, -0.2) is 61.4 Å². The molecule has 172 valence electrons. The highest BCUT2D eigenvalue weighted by molar-refractivity contribution is 7.89. The molecule has 2 N–H and O–H groups in total. The lowest BCUT2D eigenvalue weighted by atomic mass is 9.84. The Bertz CT molecular complexity index is 1110. The van der Waals surface area contributed by atoms with Crippen LogP contribution in [0.15, 0.2) is 47.6 Å². The molecule has 0 unspecified atom stereocenters. The largest absolute Gasteiger partial charge is 0.366 e. The number of piperazine rings is 1. The van der Waals surface area contributed by atoms with Crippen LogP contribution in [0.25, 0.3) is 10.1 Å². The van der Waals surface area contributed by atoms with E-state index in [0.29, 0.717) is 10.8 Å². The summed E-state index contributed by atoms with van der Waals surface area (Å²) in [7, 11) is -3.40. The minimum absolute atomic E-state index is 0.0580. The zero-order chi connectivity index (χ0) is 22.0. The number of sulfonamides is 1. The molecule has 32 heavy (non-hydrogen) atoms. The number of benzene rings is 1. The van der Waals surface area contributed by atoms with Crippen molar-refractivity contribution < 1.29 is 8.42 Å². The van der Waals surface area contributed by atoms with Gasteiger partial charge in [0, 0.05) is 50.0 Å². The fraction of sp³-hybridized carbons (Fsp3) is 0.522. The van der Waals surface area contributed by atoms with Crippen LogP contribution in [0.2, 0.25) is 0 Å². The molecule has 0 amide bonds. The average molecular weight is 474 g/mol. The van der Waals surface area contributed by atoms with Gasteiger partial charge in [0.15, 0.2) is 0 Å². The van der Waals surface area contributed by atoms with E-state index < -0.39 is 10.0 Å². The molecule has 2 aromatic heterocycles. The van der Waals surface area contributed by atoms with Gasteiger partial charge >= 0.3 is 0 Å². The van der Waals surface area contributed by atoms with E-state index in [4.69, 9.17) is 4.37 Å². The summed E-state index contributed by atoms with van der Waals surface area (Å²) in [5, 5.41) is 1.27. The second-order valence-corrected chi connectivity index (χ2v) is 11.5. The van der Waals surface area contributed by atoms with Crippen LogP contribution in [0, 0.1) is 5.92 Å². The Balaban J connectivity index is 1.04. The van der Waals surface area contributed by atoms with Crippen molar-refractivity contribution in [2.24, 2.45) is 5.92 Å². The molecule has 2 aliphatic rings. The second-order valence-electron chi connectivity index (χ2n) is 9.01. The van der Waals surface area contributed by atoms with E-state index in [1.54, 1.807) is 23.8 Å². The highest BCUT2D eigenvalue weighted by Gasteiger charge is 2.27. The molecule has 3 heterocycles. The summed E-state index contributed by atoms with van der Waals surface area (Å²) in [5.74, 6) is 1.84. The number of hydrogen-bond donors (Lipinski definition) is 2. The quantitative estimate of drug-likeness (QED) is 0.547. The Hall–Kier alpha value is -1.94. The molecule has 0 bridgehead atoms. The van der Waals surface area contributed by atoms with Crippen molar-refractivity contribution in [3.63, 3.8) is 0 Å². The van der Waals surface area contributed by atoms with Gasteiger partial charge in [-0.3, -0.25) is 4.90 Å². The number of hydrogen-bond acceptors (Lipinski definition) is 6. The maximum Gasteiger partial charge on any atom is 0.242 e. The number of aromatic amines is 1. The summed E-state index contributed by atoms with van der Waals surface area (Å²) in [5.41, 5.74) is 0. The third kappa shape index (κ3) is 4.85. The zero-order valence-electron chi connectivity index (χ0n) is 18.2. The highest BCUT2D eigenvalue weighted by atomic mass is 32.2. The summed E-state index contributed by atoms with van der Waals surface area (Å²) >= 11 is 1.59. The minimum Gasteiger partial charge on any atom is -0.366 e.